The second-order valence-corrected chi connectivity index (χ2v) is 5.58. The predicted octanol–water partition coefficient (Wildman–Crippen LogP) is 2.97. The lowest BCUT2D eigenvalue weighted by Gasteiger charge is -2.30. The van der Waals surface area contributed by atoms with E-state index in [2.05, 4.69) is 0 Å². The lowest BCUT2D eigenvalue weighted by Crippen LogP contribution is -2.39. The SMILES string of the molecule is CCOC(=O)N1CCC(SCCCCl)CC1. The summed E-state index contributed by atoms with van der Waals surface area (Å²) in [6.07, 6.45) is 3.06. The van der Waals surface area contributed by atoms with E-state index in [0.29, 0.717) is 11.9 Å². The first kappa shape index (κ1) is 14.0. The average molecular weight is 266 g/mol. The van der Waals surface area contributed by atoms with Crippen LogP contribution in [0.15, 0.2) is 0 Å². The number of amides is 1. The zero-order valence-electron chi connectivity index (χ0n) is 9.78. The van der Waals surface area contributed by atoms with Crippen LogP contribution in [0.4, 0.5) is 4.79 Å². The molecule has 1 heterocycles. The van der Waals surface area contributed by atoms with Gasteiger partial charge in [0.25, 0.3) is 0 Å². The van der Waals surface area contributed by atoms with Gasteiger partial charge in [-0.05, 0) is 31.9 Å². The molecule has 1 fully saturated rings. The van der Waals surface area contributed by atoms with Crippen LogP contribution in [0.3, 0.4) is 0 Å². The van der Waals surface area contributed by atoms with Gasteiger partial charge in [-0.15, -0.1) is 11.6 Å². The number of alkyl halides is 1. The Morgan fingerprint density at radius 2 is 2.19 bits per heavy atom. The number of rotatable bonds is 5. The third-order valence-electron chi connectivity index (χ3n) is 2.60. The summed E-state index contributed by atoms with van der Waals surface area (Å²) in [4.78, 5) is 13.3. The van der Waals surface area contributed by atoms with Gasteiger partial charge in [-0.2, -0.15) is 11.8 Å². The monoisotopic (exact) mass is 265 g/mol. The Bertz CT molecular complexity index is 208. The van der Waals surface area contributed by atoms with Crippen LogP contribution in [0.25, 0.3) is 0 Å². The van der Waals surface area contributed by atoms with Gasteiger partial charge in [-0.1, -0.05) is 0 Å². The van der Waals surface area contributed by atoms with Crippen molar-refractivity contribution >= 4 is 29.5 Å². The summed E-state index contributed by atoms with van der Waals surface area (Å²) in [5, 5.41) is 0.689. The smallest absolute Gasteiger partial charge is 0.409 e. The Balaban J connectivity index is 2.15. The van der Waals surface area contributed by atoms with E-state index < -0.39 is 0 Å². The molecule has 5 heteroatoms. The first-order valence-electron chi connectivity index (χ1n) is 5.87. The molecular formula is C11H20ClNO2S. The highest BCUT2D eigenvalue weighted by atomic mass is 35.5. The Morgan fingerprint density at radius 3 is 2.75 bits per heavy atom. The van der Waals surface area contributed by atoms with Crippen molar-refractivity contribution in [3.8, 4) is 0 Å². The number of nitrogens with zero attached hydrogens (tertiary/aromatic N) is 1. The third-order valence-corrected chi connectivity index (χ3v) is 4.33. The van der Waals surface area contributed by atoms with E-state index in [1.54, 1.807) is 0 Å². The molecule has 0 saturated carbocycles. The molecular weight excluding hydrogens is 246 g/mol. The van der Waals surface area contributed by atoms with Gasteiger partial charge in [0.1, 0.15) is 0 Å². The lowest BCUT2D eigenvalue weighted by atomic mass is 10.1. The number of piperidine rings is 1. The van der Waals surface area contributed by atoms with E-state index in [0.717, 1.165) is 44.0 Å². The maximum atomic E-state index is 11.4. The Morgan fingerprint density at radius 1 is 1.50 bits per heavy atom. The lowest BCUT2D eigenvalue weighted by molar-refractivity contribution is 0.100. The number of ether oxygens (including phenoxy) is 1. The number of carbonyl (C=O) groups excluding carboxylic acids is 1. The van der Waals surface area contributed by atoms with Gasteiger partial charge in [-0.3, -0.25) is 0 Å². The molecule has 16 heavy (non-hydrogen) atoms. The highest BCUT2D eigenvalue weighted by Crippen LogP contribution is 2.24. The molecule has 0 N–H and O–H groups in total. The van der Waals surface area contributed by atoms with Crippen LogP contribution in [0.5, 0.6) is 0 Å². The summed E-state index contributed by atoms with van der Waals surface area (Å²) in [7, 11) is 0. The van der Waals surface area contributed by atoms with Crippen molar-refractivity contribution in [2.75, 3.05) is 31.3 Å². The van der Waals surface area contributed by atoms with Crippen molar-refractivity contribution < 1.29 is 9.53 Å². The van der Waals surface area contributed by atoms with E-state index in [1.165, 1.54) is 0 Å². The minimum Gasteiger partial charge on any atom is -0.450 e. The number of thioether (sulfide) groups is 1. The highest BCUT2D eigenvalue weighted by Gasteiger charge is 2.23. The molecule has 94 valence electrons. The van der Waals surface area contributed by atoms with Crippen LogP contribution in [0.1, 0.15) is 26.2 Å². The molecule has 3 nitrogen and oxygen atoms in total. The van der Waals surface area contributed by atoms with E-state index in [4.69, 9.17) is 16.3 Å². The van der Waals surface area contributed by atoms with Gasteiger partial charge >= 0.3 is 6.09 Å². The molecule has 1 aliphatic rings. The highest BCUT2D eigenvalue weighted by molar-refractivity contribution is 7.99. The second kappa shape index (κ2) is 8.07. The Labute approximate surface area is 107 Å². The zero-order valence-corrected chi connectivity index (χ0v) is 11.4. The summed E-state index contributed by atoms with van der Waals surface area (Å²) in [5.41, 5.74) is 0. The second-order valence-electron chi connectivity index (χ2n) is 3.80. The first-order valence-corrected chi connectivity index (χ1v) is 7.45. The minimum atomic E-state index is -0.160. The van der Waals surface area contributed by atoms with E-state index >= 15 is 0 Å². The molecule has 0 aromatic carbocycles. The van der Waals surface area contributed by atoms with E-state index in [9.17, 15) is 4.79 Å². The number of hydrogen-bond donors (Lipinski definition) is 0. The quantitative estimate of drug-likeness (QED) is 0.565. The predicted molar refractivity (Wildman–Crippen MR) is 69.4 cm³/mol. The molecule has 0 radical (unpaired) electrons. The normalized spacial score (nSPS) is 17.5. The van der Waals surface area contributed by atoms with Gasteiger partial charge in [-0.25, -0.2) is 4.79 Å². The molecule has 1 rings (SSSR count). The van der Waals surface area contributed by atoms with Crippen LogP contribution in [0.2, 0.25) is 0 Å². The fourth-order valence-corrected chi connectivity index (χ4v) is 3.20. The summed E-state index contributed by atoms with van der Waals surface area (Å²) in [5.74, 6) is 1.88. The van der Waals surface area contributed by atoms with Crippen molar-refractivity contribution in [3.63, 3.8) is 0 Å². The number of halogens is 1. The molecule has 0 bridgehead atoms. The summed E-state index contributed by atoms with van der Waals surface area (Å²) in [6.45, 7) is 3.96. The topological polar surface area (TPSA) is 29.5 Å². The van der Waals surface area contributed by atoms with Crippen LogP contribution in [-0.2, 0) is 4.74 Å². The summed E-state index contributed by atoms with van der Waals surface area (Å²) in [6, 6.07) is 0. The van der Waals surface area contributed by atoms with Gasteiger partial charge in [0.2, 0.25) is 0 Å². The fraction of sp³-hybridized carbons (Fsp3) is 0.909. The summed E-state index contributed by atoms with van der Waals surface area (Å²) >= 11 is 7.62. The number of likely N-dealkylation sites (tertiary alicyclic amines) is 1. The van der Waals surface area contributed by atoms with Gasteiger partial charge < -0.3 is 9.64 Å². The van der Waals surface area contributed by atoms with Crippen molar-refractivity contribution in [2.45, 2.75) is 31.4 Å². The van der Waals surface area contributed by atoms with Gasteiger partial charge in [0.15, 0.2) is 0 Å². The molecule has 0 aromatic heterocycles. The number of hydrogen-bond acceptors (Lipinski definition) is 3. The molecule has 0 atom stereocenters. The van der Waals surface area contributed by atoms with Crippen LogP contribution in [0, 0.1) is 0 Å². The zero-order chi connectivity index (χ0) is 11.8. The fourth-order valence-electron chi connectivity index (χ4n) is 1.72. The van der Waals surface area contributed by atoms with Crippen molar-refractivity contribution in [1.29, 1.82) is 0 Å². The molecule has 0 spiro atoms. The molecule has 0 aliphatic carbocycles. The molecule has 1 aliphatic heterocycles. The Hall–Kier alpha value is -0.0900. The largest absolute Gasteiger partial charge is 0.450 e. The Kier molecular flexibility index (Phi) is 7.05. The van der Waals surface area contributed by atoms with Crippen LogP contribution >= 0.6 is 23.4 Å². The summed E-state index contributed by atoms with van der Waals surface area (Å²) < 4.78 is 4.98. The first-order chi connectivity index (χ1) is 7.77. The average Bonchev–Trinajstić information content (AvgIpc) is 2.30. The van der Waals surface area contributed by atoms with Crippen molar-refractivity contribution in [2.24, 2.45) is 0 Å². The third kappa shape index (κ3) is 4.83. The van der Waals surface area contributed by atoms with Gasteiger partial charge in [0, 0.05) is 24.2 Å². The standard InChI is InChI=1S/C11H20ClNO2S/c1-2-15-11(14)13-7-4-10(5-8-13)16-9-3-6-12/h10H,2-9H2,1H3. The van der Waals surface area contributed by atoms with Gasteiger partial charge in [0.05, 0.1) is 6.61 Å². The molecule has 0 unspecified atom stereocenters. The molecule has 1 saturated heterocycles. The van der Waals surface area contributed by atoms with Crippen LogP contribution in [-0.4, -0.2) is 47.6 Å². The van der Waals surface area contributed by atoms with E-state index in [-0.39, 0.29) is 6.09 Å². The van der Waals surface area contributed by atoms with Crippen LogP contribution < -0.4 is 0 Å². The van der Waals surface area contributed by atoms with Crippen molar-refractivity contribution in [3.05, 3.63) is 0 Å². The molecule has 1 amide bonds. The minimum absolute atomic E-state index is 0.160. The van der Waals surface area contributed by atoms with Crippen molar-refractivity contribution in [1.82, 2.24) is 4.90 Å². The molecule has 0 aromatic rings. The maximum absolute atomic E-state index is 11.4. The number of carbonyl (C=O) groups is 1. The maximum Gasteiger partial charge on any atom is 0.409 e. The van der Waals surface area contributed by atoms with E-state index in [1.807, 2.05) is 23.6 Å².